The molecule has 2 rings (SSSR count). The molecular weight excluding hydrogens is 217 g/mol. The van der Waals surface area contributed by atoms with Crippen molar-refractivity contribution in [1.29, 1.82) is 0 Å². The highest BCUT2D eigenvalue weighted by atomic mass is 19.1. The summed E-state index contributed by atoms with van der Waals surface area (Å²) in [6, 6.07) is 8.16. The molecule has 1 unspecified atom stereocenters. The molecule has 3 heteroatoms. The number of nitrogens with zero attached hydrogens (tertiary/aromatic N) is 1. The molecule has 1 atom stereocenters. The Morgan fingerprint density at radius 2 is 2.06 bits per heavy atom. The molecule has 0 aliphatic heterocycles. The Kier molecular flexibility index (Phi) is 2.94. The van der Waals surface area contributed by atoms with Gasteiger partial charge in [-0.25, -0.2) is 4.39 Å². The molecular formula is C14H14FNO. The lowest BCUT2D eigenvalue weighted by Crippen LogP contribution is -2.24. The highest BCUT2D eigenvalue weighted by Gasteiger charge is 2.28. The van der Waals surface area contributed by atoms with Gasteiger partial charge in [0.05, 0.1) is 0 Å². The highest BCUT2D eigenvalue weighted by Crippen LogP contribution is 2.30. The van der Waals surface area contributed by atoms with Crippen LogP contribution in [0.2, 0.25) is 0 Å². The molecule has 0 saturated carbocycles. The first kappa shape index (κ1) is 11.7. The van der Waals surface area contributed by atoms with Gasteiger partial charge < -0.3 is 5.11 Å². The molecule has 17 heavy (non-hydrogen) atoms. The van der Waals surface area contributed by atoms with E-state index in [-0.39, 0.29) is 5.56 Å². The lowest BCUT2D eigenvalue weighted by atomic mass is 9.88. The summed E-state index contributed by atoms with van der Waals surface area (Å²) in [5.74, 6) is -0.413. The molecule has 0 radical (unpaired) electrons. The fourth-order valence-corrected chi connectivity index (χ4v) is 1.82. The lowest BCUT2D eigenvalue weighted by molar-refractivity contribution is 0.0975. The second-order valence-electron chi connectivity index (χ2n) is 4.30. The minimum atomic E-state index is -1.37. The van der Waals surface area contributed by atoms with Crippen LogP contribution in [0, 0.1) is 12.7 Å². The molecule has 0 fully saturated rings. The maximum Gasteiger partial charge on any atom is 0.129 e. The fraction of sp³-hybridized carbons (Fsp3) is 0.214. The molecule has 0 aliphatic rings. The summed E-state index contributed by atoms with van der Waals surface area (Å²) in [6.07, 6.45) is 3.16. The van der Waals surface area contributed by atoms with Crippen molar-refractivity contribution < 1.29 is 9.50 Å². The first-order valence-electron chi connectivity index (χ1n) is 5.41. The minimum Gasteiger partial charge on any atom is -0.381 e. The van der Waals surface area contributed by atoms with Crippen molar-refractivity contribution in [1.82, 2.24) is 4.98 Å². The number of halogens is 1. The zero-order valence-electron chi connectivity index (χ0n) is 9.81. The Balaban J connectivity index is 2.55. The molecule has 1 N–H and O–H groups in total. The number of hydrogen-bond donors (Lipinski definition) is 1. The van der Waals surface area contributed by atoms with Crippen molar-refractivity contribution in [3.8, 4) is 0 Å². The first-order valence-corrected chi connectivity index (χ1v) is 5.41. The van der Waals surface area contributed by atoms with Crippen molar-refractivity contribution in [2.45, 2.75) is 19.4 Å². The van der Waals surface area contributed by atoms with Gasteiger partial charge >= 0.3 is 0 Å². The molecule has 2 nitrogen and oxygen atoms in total. The standard InChI is InChI=1S/C14H14FNO/c1-10-5-6-13(15)12(8-10)14(2,17)11-4-3-7-16-9-11/h3-9,17H,1-2H3. The smallest absolute Gasteiger partial charge is 0.129 e. The average molecular weight is 231 g/mol. The predicted octanol–water partition coefficient (Wildman–Crippen LogP) is 2.78. The van der Waals surface area contributed by atoms with Gasteiger partial charge in [-0.3, -0.25) is 4.98 Å². The van der Waals surface area contributed by atoms with Crippen molar-refractivity contribution >= 4 is 0 Å². The molecule has 2 aromatic rings. The third-order valence-corrected chi connectivity index (χ3v) is 2.87. The van der Waals surface area contributed by atoms with Crippen LogP contribution in [0.1, 0.15) is 23.6 Å². The number of hydrogen-bond acceptors (Lipinski definition) is 2. The van der Waals surface area contributed by atoms with Gasteiger partial charge in [0.1, 0.15) is 11.4 Å². The van der Waals surface area contributed by atoms with E-state index in [0.29, 0.717) is 5.56 Å². The summed E-state index contributed by atoms with van der Waals surface area (Å²) in [6.45, 7) is 3.43. The molecule has 0 aliphatic carbocycles. The van der Waals surface area contributed by atoms with Crippen LogP contribution in [-0.2, 0) is 5.60 Å². The lowest BCUT2D eigenvalue weighted by Gasteiger charge is -2.24. The van der Waals surface area contributed by atoms with E-state index in [1.165, 1.54) is 6.07 Å². The molecule has 0 spiro atoms. The number of aliphatic hydroxyl groups is 1. The van der Waals surface area contributed by atoms with Crippen molar-refractivity contribution in [2.24, 2.45) is 0 Å². The second kappa shape index (κ2) is 4.26. The number of benzene rings is 1. The van der Waals surface area contributed by atoms with Crippen molar-refractivity contribution in [3.63, 3.8) is 0 Å². The topological polar surface area (TPSA) is 33.1 Å². The Hall–Kier alpha value is -1.74. The summed E-state index contributed by atoms with van der Waals surface area (Å²) in [7, 11) is 0. The van der Waals surface area contributed by atoms with Crippen LogP contribution in [0.4, 0.5) is 4.39 Å². The van der Waals surface area contributed by atoms with Gasteiger partial charge in [-0.1, -0.05) is 17.7 Å². The Morgan fingerprint density at radius 3 is 2.71 bits per heavy atom. The quantitative estimate of drug-likeness (QED) is 0.862. The van der Waals surface area contributed by atoms with Crippen LogP contribution in [0.25, 0.3) is 0 Å². The van der Waals surface area contributed by atoms with E-state index < -0.39 is 11.4 Å². The summed E-state index contributed by atoms with van der Waals surface area (Å²) in [5.41, 5.74) is 0.380. The van der Waals surface area contributed by atoms with Crippen LogP contribution in [0.5, 0.6) is 0 Å². The van der Waals surface area contributed by atoms with E-state index in [2.05, 4.69) is 4.98 Å². The average Bonchev–Trinajstić information content (AvgIpc) is 2.33. The van der Waals surface area contributed by atoms with Gasteiger partial charge in [-0.15, -0.1) is 0 Å². The van der Waals surface area contributed by atoms with Gasteiger partial charge in [0, 0.05) is 23.5 Å². The largest absolute Gasteiger partial charge is 0.381 e. The summed E-state index contributed by atoms with van der Waals surface area (Å²) >= 11 is 0. The Morgan fingerprint density at radius 1 is 1.29 bits per heavy atom. The minimum absolute atomic E-state index is 0.269. The molecule has 0 bridgehead atoms. The molecule has 0 saturated heterocycles. The van der Waals surface area contributed by atoms with Gasteiger partial charge in [0.25, 0.3) is 0 Å². The van der Waals surface area contributed by atoms with Crippen molar-refractivity contribution in [3.05, 3.63) is 65.2 Å². The maximum atomic E-state index is 13.8. The van der Waals surface area contributed by atoms with E-state index in [0.717, 1.165) is 5.56 Å². The van der Waals surface area contributed by atoms with Gasteiger partial charge in [-0.05, 0) is 32.0 Å². The number of aromatic nitrogens is 1. The van der Waals surface area contributed by atoms with Crippen LogP contribution in [-0.4, -0.2) is 10.1 Å². The summed E-state index contributed by atoms with van der Waals surface area (Å²) in [5, 5.41) is 10.5. The number of aryl methyl sites for hydroxylation is 1. The Labute approximate surface area is 99.8 Å². The number of rotatable bonds is 2. The molecule has 0 amide bonds. The van der Waals surface area contributed by atoms with E-state index >= 15 is 0 Å². The molecule has 88 valence electrons. The van der Waals surface area contributed by atoms with E-state index in [4.69, 9.17) is 0 Å². The van der Waals surface area contributed by atoms with E-state index in [1.807, 2.05) is 6.92 Å². The molecule has 1 heterocycles. The zero-order valence-corrected chi connectivity index (χ0v) is 9.81. The van der Waals surface area contributed by atoms with E-state index in [1.54, 1.807) is 43.6 Å². The highest BCUT2D eigenvalue weighted by molar-refractivity contribution is 5.36. The van der Waals surface area contributed by atoms with Crippen LogP contribution in [0.15, 0.2) is 42.7 Å². The predicted molar refractivity (Wildman–Crippen MR) is 64.0 cm³/mol. The van der Waals surface area contributed by atoms with Crippen molar-refractivity contribution in [2.75, 3.05) is 0 Å². The second-order valence-corrected chi connectivity index (χ2v) is 4.30. The van der Waals surface area contributed by atoms with E-state index in [9.17, 15) is 9.50 Å². The number of pyridine rings is 1. The van der Waals surface area contributed by atoms with Gasteiger partial charge in [0.15, 0.2) is 0 Å². The monoisotopic (exact) mass is 231 g/mol. The molecule has 1 aromatic heterocycles. The van der Waals surface area contributed by atoms with Crippen LogP contribution >= 0.6 is 0 Å². The summed E-state index contributed by atoms with van der Waals surface area (Å²) in [4.78, 5) is 3.95. The van der Waals surface area contributed by atoms with Gasteiger partial charge in [0.2, 0.25) is 0 Å². The third kappa shape index (κ3) is 2.19. The van der Waals surface area contributed by atoms with Crippen LogP contribution < -0.4 is 0 Å². The first-order chi connectivity index (χ1) is 8.01. The normalized spacial score (nSPS) is 14.4. The molecule has 1 aromatic carbocycles. The SMILES string of the molecule is Cc1ccc(F)c(C(C)(O)c2cccnc2)c1. The van der Waals surface area contributed by atoms with Gasteiger partial charge in [-0.2, -0.15) is 0 Å². The zero-order chi connectivity index (χ0) is 12.5. The Bertz CT molecular complexity index is 523. The summed E-state index contributed by atoms with van der Waals surface area (Å²) < 4.78 is 13.8. The van der Waals surface area contributed by atoms with Crippen LogP contribution in [0.3, 0.4) is 0 Å². The maximum absolute atomic E-state index is 13.8. The fourth-order valence-electron chi connectivity index (χ4n) is 1.82. The third-order valence-electron chi connectivity index (χ3n) is 2.87.